The molecule has 116 valence electrons. The molecule has 20 heavy (non-hydrogen) atoms. The van der Waals surface area contributed by atoms with Crippen LogP contribution in [-0.2, 0) is 9.47 Å². The quantitative estimate of drug-likeness (QED) is 0.844. The normalized spacial score (nSPS) is 31.4. The summed E-state index contributed by atoms with van der Waals surface area (Å²) in [6.45, 7) is 10.2. The van der Waals surface area contributed by atoms with E-state index >= 15 is 0 Å². The molecule has 0 aromatic heterocycles. The third-order valence-electron chi connectivity index (χ3n) is 3.80. The van der Waals surface area contributed by atoms with Gasteiger partial charge in [-0.3, -0.25) is 0 Å². The van der Waals surface area contributed by atoms with E-state index in [9.17, 15) is 4.79 Å². The van der Waals surface area contributed by atoms with E-state index < -0.39 is 5.60 Å². The van der Waals surface area contributed by atoms with E-state index in [1.54, 1.807) is 0 Å². The number of likely N-dealkylation sites (tertiary alicyclic amines) is 1. The second kappa shape index (κ2) is 6.31. The fourth-order valence-electron chi connectivity index (χ4n) is 2.87. The van der Waals surface area contributed by atoms with Crippen LogP contribution >= 0.6 is 0 Å². The minimum Gasteiger partial charge on any atom is -0.444 e. The molecular formula is C15H28N2O3. The maximum atomic E-state index is 12.0. The summed E-state index contributed by atoms with van der Waals surface area (Å²) in [7, 11) is 0. The highest BCUT2D eigenvalue weighted by atomic mass is 16.6. The fourth-order valence-corrected chi connectivity index (χ4v) is 2.87. The van der Waals surface area contributed by atoms with Crippen molar-refractivity contribution in [1.82, 2.24) is 10.2 Å². The summed E-state index contributed by atoms with van der Waals surface area (Å²) in [4.78, 5) is 13.8. The minimum atomic E-state index is -0.418. The van der Waals surface area contributed by atoms with Crippen LogP contribution in [0.4, 0.5) is 4.79 Å². The lowest BCUT2D eigenvalue weighted by molar-refractivity contribution is 0.0107. The van der Waals surface area contributed by atoms with Crippen LogP contribution in [0.15, 0.2) is 0 Å². The van der Waals surface area contributed by atoms with E-state index in [-0.39, 0.29) is 6.09 Å². The van der Waals surface area contributed by atoms with Crippen LogP contribution in [0.25, 0.3) is 0 Å². The predicted molar refractivity (Wildman–Crippen MR) is 77.8 cm³/mol. The topological polar surface area (TPSA) is 50.8 Å². The molecule has 3 atom stereocenters. The molecule has 2 rings (SSSR count). The number of nitrogens with zero attached hydrogens (tertiary/aromatic N) is 1. The lowest BCUT2D eigenvalue weighted by Crippen LogP contribution is -2.45. The van der Waals surface area contributed by atoms with Gasteiger partial charge in [0.2, 0.25) is 0 Å². The lowest BCUT2D eigenvalue weighted by atomic mass is 10.0. The fraction of sp³-hybridized carbons (Fsp3) is 0.933. The molecule has 0 aliphatic carbocycles. The molecule has 0 radical (unpaired) electrons. The zero-order valence-electron chi connectivity index (χ0n) is 13.1. The Bertz CT molecular complexity index is 341. The zero-order chi connectivity index (χ0) is 14.8. The van der Waals surface area contributed by atoms with E-state index in [2.05, 4.69) is 12.2 Å². The molecule has 5 heteroatoms. The van der Waals surface area contributed by atoms with Gasteiger partial charge in [-0.15, -0.1) is 0 Å². The van der Waals surface area contributed by atoms with Crippen LogP contribution in [0.3, 0.4) is 0 Å². The van der Waals surface area contributed by atoms with Gasteiger partial charge in [-0.05, 0) is 47.0 Å². The molecule has 2 heterocycles. The Morgan fingerprint density at radius 1 is 1.30 bits per heavy atom. The number of ether oxygens (including phenoxy) is 2. The van der Waals surface area contributed by atoms with Gasteiger partial charge >= 0.3 is 6.09 Å². The van der Waals surface area contributed by atoms with Gasteiger partial charge in [-0.2, -0.15) is 0 Å². The second-order valence-electron chi connectivity index (χ2n) is 6.98. The summed E-state index contributed by atoms with van der Waals surface area (Å²) < 4.78 is 11.0. The molecule has 2 saturated heterocycles. The average molecular weight is 284 g/mol. The summed E-state index contributed by atoms with van der Waals surface area (Å²) in [6, 6.07) is 0.903. The van der Waals surface area contributed by atoms with Crippen LogP contribution in [0.2, 0.25) is 0 Å². The van der Waals surface area contributed by atoms with Gasteiger partial charge in [-0.1, -0.05) is 0 Å². The predicted octanol–water partition coefficient (Wildman–Crippen LogP) is 2.15. The van der Waals surface area contributed by atoms with Gasteiger partial charge in [0.25, 0.3) is 0 Å². The van der Waals surface area contributed by atoms with E-state index in [1.807, 2.05) is 25.7 Å². The van der Waals surface area contributed by atoms with Crippen molar-refractivity contribution in [2.75, 3.05) is 19.7 Å². The van der Waals surface area contributed by atoms with Crippen molar-refractivity contribution in [3.05, 3.63) is 0 Å². The minimum absolute atomic E-state index is 0.192. The molecule has 0 bridgehead atoms. The Labute approximate surface area is 122 Å². The molecule has 0 aromatic rings. The molecule has 2 fully saturated rings. The van der Waals surface area contributed by atoms with E-state index in [1.165, 1.54) is 0 Å². The number of carbonyl (C=O) groups is 1. The molecule has 5 nitrogen and oxygen atoms in total. The summed E-state index contributed by atoms with van der Waals surface area (Å²) in [5.41, 5.74) is -0.418. The van der Waals surface area contributed by atoms with Crippen molar-refractivity contribution in [3.63, 3.8) is 0 Å². The largest absolute Gasteiger partial charge is 0.444 e. The van der Waals surface area contributed by atoms with E-state index in [0.717, 1.165) is 39.0 Å². The van der Waals surface area contributed by atoms with Gasteiger partial charge < -0.3 is 19.7 Å². The highest BCUT2D eigenvalue weighted by Gasteiger charge is 2.31. The van der Waals surface area contributed by atoms with Crippen molar-refractivity contribution in [3.8, 4) is 0 Å². The van der Waals surface area contributed by atoms with Gasteiger partial charge in [0.15, 0.2) is 0 Å². The second-order valence-corrected chi connectivity index (χ2v) is 6.98. The number of hydrogen-bond donors (Lipinski definition) is 1. The van der Waals surface area contributed by atoms with Crippen LogP contribution in [0, 0.1) is 0 Å². The average Bonchev–Trinajstić information content (AvgIpc) is 2.75. The first kappa shape index (κ1) is 15.6. The zero-order valence-corrected chi connectivity index (χ0v) is 13.1. The van der Waals surface area contributed by atoms with Crippen molar-refractivity contribution in [2.24, 2.45) is 0 Å². The maximum Gasteiger partial charge on any atom is 0.410 e. The highest BCUT2D eigenvalue weighted by molar-refractivity contribution is 5.68. The molecule has 0 spiro atoms. The lowest BCUT2D eigenvalue weighted by Gasteiger charge is -2.30. The Hall–Kier alpha value is -0.810. The summed E-state index contributed by atoms with van der Waals surface area (Å²) in [5, 5.41) is 3.67. The van der Waals surface area contributed by atoms with E-state index in [0.29, 0.717) is 18.2 Å². The Balaban J connectivity index is 1.76. The van der Waals surface area contributed by atoms with Crippen LogP contribution < -0.4 is 5.32 Å². The van der Waals surface area contributed by atoms with Crippen molar-refractivity contribution >= 4 is 6.09 Å². The molecule has 0 aromatic carbocycles. The number of nitrogens with one attached hydrogen (secondary N) is 1. The van der Waals surface area contributed by atoms with Crippen molar-refractivity contribution in [1.29, 1.82) is 0 Å². The van der Waals surface area contributed by atoms with Crippen LogP contribution in [0.1, 0.15) is 47.0 Å². The first-order valence-corrected chi connectivity index (χ1v) is 7.69. The monoisotopic (exact) mass is 284 g/mol. The molecule has 3 unspecified atom stereocenters. The summed E-state index contributed by atoms with van der Waals surface area (Å²) in [5.74, 6) is 0. The number of carbonyl (C=O) groups excluding carboxylic acids is 1. The molecule has 0 saturated carbocycles. The Kier molecular flexibility index (Phi) is 4.91. The highest BCUT2D eigenvalue weighted by Crippen LogP contribution is 2.18. The number of amides is 1. The first-order chi connectivity index (χ1) is 9.33. The SMILES string of the molecule is CC1CC(NC2CCN(C(=O)OC(C)(C)C)C2)CCO1. The van der Waals surface area contributed by atoms with Crippen LogP contribution in [0.5, 0.6) is 0 Å². The summed E-state index contributed by atoms with van der Waals surface area (Å²) in [6.07, 6.45) is 3.27. The standard InChI is InChI=1S/C15H28N2O3/c1-11-9-12(6-8-19-11)16-13-5-7-17(10-13)14(18)20-15(2,3)4/h11-13,16H,5-10H2,1-4H3. The Morgan fingerprint density at radius 3 is 2.70 bits per heavy atom. The first-order valence-electron chi connectivity index (χ1n) is 7.69. The smallest absolute Gasteiger partial charge is 0.410 e. The molecule has 2 aliphatic heterocycles. The van der Waals surface area contributed by atoms with Gasteiger partial charge in [0, 0.05) is 31.8 Å². The van der Waals surface area contributed by atoms with E-state index in [4.69, 9.17) is 9.47 Å². The molecule has 1 N–H and O–H groups in total. The number of rotatable bonds is 2. The summed E-state index contributed by atoms with van der Waals surface area (Å²) >= 11 is 0. The van der Waals surface area contributed by atoms with Gasteiger partial charge in [0.05, 0.1) is 6.10 Å². The third kappa shape index (κ3) is 4.63. The van der Waals surface area contributed by atoms with Crippen molar-refractivity contribution in [2.45, 2.75) is 70.7 Å². The molecular weight excluding hydrogens is 256 g/mol. The Morgan fingerprint density at radius 2 is 2.05 bits per heavy atom. The van der Waals surface area contributed by atoms with Crippen molar-refractivity contribution < 1.29 is 14.3 Å². The van der Waals surface area contributed by atoms with Gasteiger partial charge in [0.1, 0.15) is 5.60 Å². The maximum absolute atomic E-state index is 12.0. The third-order valence-corrected chi connectivity index (χ3v) is 3.80. The molecule has 1 amide bonds. The number of hydrogen-bond acceptors (Lipinski definition) is 4. The van der Waals surface area contributed by atoms with Crippen LogP contribution in [-0.4, -0.2) is 54.5 Å². The van der Waals surface area contributed by atoms with Gasteiger partial charge in [-0.25, -0.2) is 4.79 Å². The molecule has 2 aliphatic rings.